The monoisotopic (exact) mass is 271 g/mol. The smallest absolute Gasteiger partial charge is 0.506 e. The summed E-state index contributed by atoms with van der Waals surface area (Å²) in [5, 5.41) is 17.8. The van der Waals surface area contributed by atoms with Crippen molar-refractivity contribution in [2.24, 2.45) is 0 Å². The molecule has 0 fully saturated rings. The van der Waals surface area contributed by atoms with E-state index in [0.717, 1.165) is 0 Å². The Hall–Kier alpha value is -1.70. The lowest BCUT2D eigenvalue weighted by Crippen LogP contribution is -2.20. The Kier molecular flexibility index (Phi) is 3.66. The highest BCUT2D eigenvalue weighted by molar-refractivity contribution is 6.17. The summed E-state index contributed by atoms with van der Waals surface area (Å²) in [5.41, 5.74) is -1.23. The van der Waals surface area contributed by atoms with Crippen molar-refractivity contribution in [1.82, 2.24) is 4.98 Å². The van der Waals surface area contributed by atoms with Crippen LogP contribution in [-0.4, -0.2) is 27.5 Å². The van der Waals surface area contributed by atoms with Crippen molar-refractivity contribution in [2.75, 3.05) is 0 Å². The van der Waals surface area contributed by atoms with E-state index in [1.54, 1.807) is 0 Å². The molecule has 9 heteroatoms. The van der Waals surface area contributed by atoms with Crippen LogP contribution in [0.15, 0.2) is 6.07 Å². The molecule has 0 saturated carbocycles. The molecule has 0 spiro atoms. The van der Waals surface area contributed by atoms with Crippen LogP contribution in [0.25, 0.3) is 0 Å². The molecular formula is C8H5ClF3NO4. The van der Waals surface area contributed by atoms with Crippen LogP contribution in [0.5, 0.6) is 11.5 Å². The minimum atomic E-state index is -5.08. The van der Waals surface area contributed by atoms with Gasteiger partial charge in [0.15, 0.2) is 11.4 Å². The van der Waals surface area contributed by atoms with Crippen LogP contribution in [0.3, 0.4) is 0 Å². The van der Waals surface area contributed by atoms with Crippen LogP contribution in [0, 0.1) is 0 Å². The van der Waals surface area contributed by atoms with E-state index >= 15 is 0 Å². The number of aromatic carboxylic acids is 1. The molecule has 0 aromatic carbocycles. The van der Waals surface area contributed by atoms with E-state index in [9.17, 15) is 23.1 Å². The maximum Gasteiger partial charge on any atom is 0.573 e. The number of hydrogen-bond acceptors (Lipinski definition) is 4. The van der Waals surface area contributed by atoms with Gasteiger partial charge in [0.25, 0.3) is 0 Å². The number of hydrogen-bond donors (Lipinski definition) is 2. The average molecular weight is 272 g/mol. The van der Waals surface area contributed by atoms with Gasteiger partial charge in [0, 0.05) is 6.07 Å². The minimum Gasteiger partial charge on any atom is -0.506 e. The van der Waals surface area contributed by atoms with Gasteiger partial charge in [-0.15, -0.1) is 24.8 Å². The molecule has 0 aliphatic heterocycles. The number of ether oxygens (including phenoxy) is 1. The van der Waals surface area contributed by atoms with Crippen LogP contribution in [0.2, 0.25) is 0 Å². The maximum atomic E-state index is 11.9. The number of aromatic hydroxyl groups is 1. The normalized spacial score (nSPS) is 11.3. The van der Waals surface area contributed by atoms with Crippen molar-refractivity contribution in [3.63, 3.8) is 0 Å². The summed E-state index contributed by atoms with van der Waals surface area (Å²) in [6, 6.07) is 0.502. The number of carboxylic acids is 1. The summed E-state index contributed by atoms with van der Waals surface area (Å²) >= 11 is 5.32. The first-order valence-corrected chi connectivity index (χ1v) is 4.56. The van der Waals surface area contributed by atoms with Crippen molar-refractivity contribution < 1.29 is 32.9 Å². The Bertz CT molecular complexity index is 449. The largest absolute Gasteiger partial charge is 0.573 e. The molecule has 1 heterocycles. The van der Waals surface area contributed by atoms with E-state index in [1.165, 1.54) is 0 Å². The average Bonchev–Trinajstić information content (AvgIpc) is 2.14. The molecule has 0 saturated heterocycles. The third-order valence-corrected chi connectivity index (χ3v) is 1.85. The fourth-order valence-corrected chi connectivity index (χ4v) is 1.17. The van der Waals surface area contributed by atoms with E-state index < -0.39 is 29.5 Å². The lowest BCUT2D eigenvalue weighted by atomic mass is 10.2. The Labute approximate surface area is 97.4 Å². The van der Waals surface area contributed by atoms with Crippen molar-refractivity contribution in [2.45, 2.75) is 12.2 Å². The number of halogens is 4. The summed E-state index contributed by atoms with van der Waals surface area (Å²) in [6.07, 6.45) is -5.08. The number of pyridine rings is 1. The summed E-state index contributed by atoms with van der Waals surface area (Å²) < 4.78 is 39.3. The molecule has 1 rings (SSSR count). The first kappa shape index (κ1) is 13.4. The van der Waals surface area contributed by atoms with E-state index in [2.05, 4.69) is 9.72 Å². The SMILES string of the molecule is O=C(O)c1nc(CCl)c(O)cc1OC(F)(F)F. The third kappa shape index (κ3) is 3.38. The van der Waals surface area contributed by atoms with Gasteiger partial charge < -0.3 is 14.9 Å². The van der Waals surface area contributed by atoms with Gasteiger partial charge in [-0.2, -0.15) is 0 Å². The Morgan fingerprint density at radius 1 is 1.53 bits per heavy atom. The number of alkyl halides is 4. The second-order valence-electron chi connectivity index (χ2n) is 2.79. The topological polar surface area (TPSA) is 79.7 Å². The molecular weight excluding hydrogens is 267 g/mol. The zero-order valence-corrected chi connectivity index (χ0v) is 8.71. The molecule has 0 aliphatic carbocycles. The zero-order chi connectivity index (χ0) is 13.2. The fraction of sp³-hybridized carbons (Fsp3) is 0.250. The van der Waals surface area contributed by atoms with E-state index in [-0.39, 0.29) is 11.6 Å². The van der Waals surface area contributed by atoms with Crippen molar-refractivity contribution in [1.29, 1.82) is 0 Å². The lowest BCUT2D eigenvalue weighted by molar-refractivity contribution is -0.274. The predicted octanol–water partition coefficient (Wildman–Crippen LogP) is 2.12. The quantitative estimate of drug-likeness (QED) is 0.823. The molecule has 0 unspecified atom stereocenters. The Morgan fingerprint density at radius 2 is 2.12 bits per heavy atom. The first-order chi connectivity index (χ1) is 7.74. The molecule has 1 aromatic heterocycles. The number of rotatable bonds is 3. The molecule has 5 nitrogen and oxygen atoms in total. The van der Waals surface area contributed by atoms with E-state index in [1.807, 2.05) is 0 Å². The van der Waals surface area contributed by atoms with Gasteiger partial charge in [0.1, 0.15) is 5.75 Å². The molecule has 0 amide bonds. The fourth-order valence-electron chi connectivity index (χ4n) is 0.977. The first-order valence-electron chi connectivity index (χ1n) is 4.02. The summed E-state index contributed by atoms with van der Waals surface area (Å²) in [4.78, 5) is 13.9. The van der Waals surface area contributed by atoms with E-state index in [0.29, 0.717) is 6.07 Å². The molecule has 1 aromatic rings. The maximum absolute atomic E-state index is 11.9. The minimum absolute atomic E-state index is 0.251. The van der Waals surface area contributed by atoms with Gasteiger partial charge in [-0.25, -0.2) is 9.78 Å². The van der Waals surface area contributed by atoms with Gasteiger partial charge >= 0.3 is 12.3 Å². The van der Waals surface area contributed by atoms with Gasteiger partial charge in [-0.05, 0) is 0 Å². The lowest BCUT2D eigenvalue weighted by Gasteiger charge is -2.12. The van der Waals surface area contributed by atoms with Crippen molar-refractivity contribution in [3.05, 3.63) is 17.5 Å². The van der Waals surface area contributed by atoms with Gasteiger partial charge in [-0.3, -0.25) is 0 Å². The molecule has 0 atom stereocenters. The Morgan fingerprint density at radius 3 is 2.53 bits per heavy atom. The molecule has 0 aliphatic rings. The predicted molar refractivity (Wildman–Crippen MR) is 49.1 cm³/mol. The van der Waals surface area contributed by atoms with E-state index in [4.69, 9.17) is 16.7 Å². The summed E-state index contributed by atoms with van der Waals surface area (Å²) in [7, 11) is 0. The highest BCUT2D eigenvalue weighted by atomic mass is 35.5. The third-order valence-electron chi connectivity index (χ3n) is 1.60. The van der Waals surface area contributed by atoms with Crippen LogP contribution < -0.4 is 4.74 Å². The number of carboxylic acid groups (broad SMARTS) is 1. The number of nitrogens with zero attached hydrogens (tertiary/aromatic N) is 1. The molecule has 2 N–H and O–H groups in total. The van der Waals surface area contributed by atoms with Gasteiger partial charge in [0.2, 0.25) is 0 Å². The Balaban J connectivity index is 3.28. The highest BCUT2D eigenvalue weighted by Crippen LogP contribution is 2.30. The number of carbonyl (C=O) groups is 1. The molecule has 0 bridgehead atoms. The van der Waals surface area contributed by atoms with Crippen molar-refractivity contribution >= 4 is 17.6 Å². The molecule has 0 radical (unpaired) electrons. The van der Waals surface area contributed by atoms with Crippen LogP contribution >= 0.6 is 11.6 Å². The molecule has 94 valence electrons. The van der Waals surface area contributed by atoms with Crippen molar-refractivity contribution in [3.8, 4) is 11.5 Å². The van der Waals surface area contributed by atoms with Crippen LogP contribution in [-0.2, 0) is 5.88 Å². The van der Waals surface area contributed by atoms with Crippen LogP contribution in [0.4, 0.5) is 13.2 Å². The second kappa shape index (κ2) is 4.66. The van der Waals surface area contributed by atoms with Gasteiger partial charge in [-0.1, -0.05) is 0 Å². The standard InChI is InChI=1S/C8H5ClF3NO4/c9-2-3-4(14)1-5(17-8(10,11)12)6(13-3)7(15)16/h1,14H,2H2,(H,15,16). The van der Waals surface area contributed by atoms with Crippen LogP contribution in [0.1, 0.15) is 16.2 Å². The summed E-state index contributed by atoms with van der Waals surface area (Å²) in [5.74, 6) is -3.85. The zero-order valence-electron chi connectivity index (χ0n) is 7.95. The second-order valence-corrected chi connectivity index (χ2v) is 3.05. The highest BCUT2D eigenvalue weighted by Gasteiger charge is 2.34. The summed E-state index contributed by atoms with van der Waals surface area (Å²) in [6.45, 7) is 0. The number of aromatic nitrogens is 1. The van der Waals surface area contributed by atoms with Gasteiger partial charge in [0.05, 0.1) is 11.6 Å². The molecule has 17 heavy (non-hydrogen) atoms.